The van der Waals surface area contributed by atoms with E-state index in [4.69, 9.17) is 4.98 Å². The number of rotatable bonds is 2. The van der Waals surface area contributed by atoms with E-state index in [0.29, 0.717) is 18.0 Å². The molecule has 4 rings (SSSR count). The normalized spacial score (nSPS) is 21.2. The lowest BCUT2D eigenvalue weighted by atomic mass is 9.94. The van der Waals surface area contributed by atoms with Crippen molar-refractivity contribution in [3.63, 3.8) is 0 Å². The van der Waals surface area contributed by atoms with Gasteiger partial charge in [0, 0.05) is 31.6 Å². The molecule has 5 nitrogen and oxygen atoms in total. The topological polar surface area (TPSA) is 60.2 Å². The van der Waals surface area contributed by atoms with Crippen molar-refractivity contribution in [3.05, 3.63) is 47.7 Å². The number of hydrogen-bond donors (Lipinski definition) is 0. The van der Waals surface area contributed by atoms with Crippen LogP contribution in [-0.4, -0.2) is 53.9 Å². The Hall–Kier alpha value is -2.71. The third-order valence-corrected chi connectivity index (χ3v) is 5.25. The molecule has 0 bridgehead atoms. The molecular formula is C21H22N4O. The quantitative estimate of drug-likeness (QED) is 0.838. The molecule has 1 atom stereocenters. The number of carbonyl (C=O) groups excluding carboxylic acids is 1. The molecule has 5 heteroatoms. The molecule has 26 heavy (non-hydrogen) atoms. The molecule has 0 saturated carbocycles. The summed E-state index contributed by atoms with van der Waals surface area (Å²) in [6, 6.07) is 11.9. The number of para-hydroxylation sites is 1. The van der Waals surface area contributed by atoms with Gasteiger partial charge in [-0.3, -0.25) is 4.79 Å². The van der Waals surface area contributed by atoms with Crippen molar-refractivity contribution in [1.82, 2.24) is 14.8 Å². The smallest absolute Gasteiger partial charge is 0.228 e. The summed E-state index contributed by atoms with van der Waals surface area (Å²) in [4.78, 5) is 21.7. The third-order valence-electron chi connectivity index (χ3n) is 5.25. The number of pyridine rings is 1. The Morgan fingerprint density at radius 3 is 2.77 bits per heavy atom. The first-order valence-electron chi connectivity index (χ1n) is 9.03. The van der Waals surface area contributed by atoms with Crippen molar-refractivity contribution in [2.75, 3.05) is 33.2 Å². The molecule has 132 valence electrons. The Kier molecular flexibility index (Phi) is 4.21. The van der Waals surface area contributed by atoms with E-state index < -0.39 is 0 Å². The number of nitrogens with zero attached hydrogens (tertiary/aromatic N) is 4. The molecule has 2 aliphatic heterocycles. The fourth-order valence-corrected chi connectivity index (χ4v) is 3.93. The van der Waals surface area contributed by atoms with Crippen molar-refractivity contribution in [1.29, 1.82) is 5.26 Å². The first kappa shape index (κ1) is 16.7. The molecule has 2 aliphatic rings. The molecule has 0 radical (unpaired) electrons. The van der Waals surface area contributed by atoms with Gasteiger partial charge in [0.2, 0.25) is 5.91 Å². The van der Waals surface area contributed by atoms with Crippen molar-refractivity contribution < 1.29 is 4.79 Å². The molecule has 0 N–H and O–H groups in total. The van der Waals surface area contributed by atoms with Crippen LogP contribution in [0.3, 0.4) is 0 Å². The highest BCUT2D eigenvalue weighted by molar-refractivity contribution is 5.87. The highest BCUT2D eigenvalue weighted by Crippen LogP contribution is 2.27. The maximum absolute atomic E-state index is 12.8. The number of aromatic nitrogens is 1. The zero-order valence-electron chi connectivity index (χ0n) is 15.1. The monoisotopic (exact) mass is 346 g/mol. The number of likely N-dealkylation sites (tertiary alicyclic amines) is 1. The number of carbonyl (C=O) groups is 1. The maximum Gasteiger partial charge on any atom is 0.228 e. The predicted molar refractivity (Wildman–Crippen MR) is 101 cm³/mol. The Bertz CT molecular complexity index is 937. The van der Waals surface area contributed by atoms with Crippen LogP contribution in [0.25, 0.3) is 16.5 Å². The molecule has 1 unspecified atom stereocenters. The summed E-state index contributed by atoms with van der Waals surface area (Å²) in [5.74, 6) is 0.671. The predicted octanol–water partition coefficient (Wildman–Crippen LogP) is 2.53. The second-order valence-corrected chi connectivity index (χ2v) is 7.49. The van der Waals surface area contributed by atoms with Gasteiger partial charge in [-0.25, -0.2) is 4.98 Å². The molecule has 1 amide bonds. The first-order chi connectivity index (χ1) is 12.5. The summed E-state index contributed by atoms with van der Waals surface area (Å²) in [7, 11) is 2.04. The minimum absolute atomic E-state index is 0.126. The highest BCUT2D eigenvalue weighted by Gasteiger charge is 2.35. The standard InChI is InChI=1S/C21H22N4O/c1-14-8-17(13-25(10-14)21(26)18-11-24(2)12-18)19-7-6-15-4-3-5-16(9-22)20(15)23-19/h3-8,14,18H,10-13H2,1-2H3. The van der Waals surface area contributed by atoms with Crippen LogP contribution >= 0.6 is 0 Å². The van der Waals surface area contributed by atoms with Crippen molar-refractivity contribution in [2.24, 2.45) is 11.8 Å². The lowest BCUT2D eigenvalue weighted by molar-refractivity contribution is -0.140. The van der Waals surface area contributed by atoms with Crippen LogP contribution in [-0.2, 0) is 4.79 Å². The van der Waals surface area contributed by atoms with Gasteiger partial charge in [0.1, 0.15) is 6.07 Å². The van der Waals surface area contributed by atoms with Crippen LogP contribution in [0.15, 0.2) is 36.4 Å². The first-order valence-corrected chi connectivity index (χ1v) is 9.03. The van der Waals surface area contributed by atoms with Gasteiger partial charge in [0.15, 0.2) is 0 Å². The zero-order valence-corrected chi connectivity index (χ0v) is 15.1. The van der Waals surface area contributed by atoms with E-state index in [1.165, 1.54) is 0 Å². The summed E-state index contributed by atoms with van der Waals surface area (Å²) in [5.41, 5.74) is 3.24. The average Bonchev–Trinajstić information content (AvgIpc) is 2.63. The number of fused-ring (bicyclic) bond motifs is 1. The van der Waals surface area contributed by atoms with Crippen LogP contribution in [0.1, 0.15) is 18.2 Å². The molecule has 1 fully saturated rings. The lowest BCUT2D eigenvalue weighted by Crippen LogP contribution is -2.54. The van der Waals surface area contributed by atoms with E-state index in [1.54, 1.807) is 6.07 Å². The minimum atomic E-state index is 0.126. The molecule has 2 aromatic rings. The van der Waals surface area contributed by atoms with Crippen LogP contribution in [0.5, 0.6) is 0 Å². The molecule has 0 spiro atoms. The van der Waals surface area contributed by atoms with Crippen LogP contribution < -0.4 is 0 Å². The van der Waals surface area contributed by atoms with E-state index >= 15 is 0 Å². The molecular weight excluding hydrogens is 324 g/mol. The zero-order chi connectivity index (χ0) is 18.3. The van der Waals surface area contributed by atoms with Gasteiger partial charge < -0.3 is 9.80 Å². The number of benzene rings is 1. The third kappa shape index (κ3) is 2.97. The van der Waals surface area contributed by atoms with Gasteiger partial charge in [-0.05, 0) is 30.7 Å². The number of nitriles is 1. The van der Waals surface area contributed by atoms with E-state index in [1.807, 2.05) is 36.2 Å². The van der Waals surface area contributed by atoms with Crippen molar-refractivity contribution >= 4 is 22.4 Å². The van der Waals surface area contributed by atoms with Crippen LogP contribution in [0, 0.1) is 23.2 Å². The maximum atomic E-state index is 12.8. The molecule has 3 heterocycles. The highest BCUT2D eigenvalue weighted by atomic mass is 16.2. The van der Waals surface area contributed by atoms with E-state index in [0.717, 1.165) is 41.8 Å². The van der Waals surface area contributed by atoms with Gasteiger partial charge in [0.05, 0.1) is 22.7 Å². The SMILES string of the molecule is CC1C=C(c2ccc3cccc(C#N)c3n2)CN(C(=O)C2CN(C)C2)C1. The van der Waals surface area contributed by atoms with Crippen molar-refractivity contribution in [2.45, 2.75) is 6.92 Å². The van der Waals surface area contributed by atoms with Gasteiger partial charge in [0.25, 0.3) is 0 Å². The lowest BCUT2D eigenvalue weighted by Gasteiger charge is -2.40. The summed E-state index contributed by atoms with van der Waals surface area (Å²) < 4.78 is 0. The summed E-state index contributed by atoms with van der Waals surface area (Å²) in [6.45, 7) is 5.19. The molecule has 1 aromatic carbocycles. The minimum Gasteiger partial charge on any atom is -0.337 e. The van der Waals surface area contributed by atoms with Gasteiger partial charge >= 0.3 is 0 Å². The van der Waals surface area contributed by atoms with E-state index in [2.05, 4.69) is 24.0 Å². The van der Waals surface area contributed by atoms with Crippen LogP contribution in [0.4, 0.5) is 0 Å². The Labute approximate surface area is 153 Å². The summed E-state index contributed by atoms with van der Waals surface area (Å²) >= 11 is 0. The number of amides is 1. The molecule has 0 aliphatic carbocycles. The average molecular weight is 346 g/mol. The molecule has 1 saturated heterocycles. The van der Waals surface area contributed by atoms with E-state index in [9.17, 15) is 10.1 Å². The fourth-order valence-electron chi connectivity index (χ4n) is 3.93. The summed E-state index contributed by atoms with van der Waals surface area (Å²) in [6.07, 6.45) is 2.21. The molecule has 1 aromatic heterocycles. The van der Waals surface area contributed by atoms with E-state index in [-0.39, 0.29) is 11.8 Å². The Morgan fingerprint density at radius 1 is 1.23 bits per heavy atom. The van der Waals surface area contributed by atoms with Crippen LogP contribution in [0.2, 0.25) is 0 Å². The van der Waals surface area contributed by atoms with Crippen molar-refractivity contribution in [3.8, 4) is 6.07 Å². The second kappa shape index (κ2) is 6.54. The van der Waals surface area contributed by atoms with Gasteiger partial charge in [-0.15, -0.1) is 0 Å². The van der Waals surface area contributed by atoms with Gasteiger partial charge in [-0.1, -0.05) is 31.2 Å². The summed E-state index contributed by atoms with van der Waals surface area (Å²) in [5, 5.41) is 10.3. The second-order valence-electron chi connectivity index (χ2n) is 7.49. The van der Waals surface area contributed by atoms with Gasteiger partial charge in [-0.2, -0.15) is 5.26 Å². The Morgan fingerprint density at radius 2 is 2.04 bits per heavy atom. The Balaban J connectivity index is 1.63. The largest absolute Gasteiger partial charge is 0.337 e. The fraction of sp³-hybridized carbons (Fsp3) is 0.381. The number of hydrogen-bond acceptors (Lipinski definition) is 4.